The topological polar surface area (TPSA) is 54.0 Å². The molecule has 2 atom stereocenters. The van der Waals surface area contributed by atoms with Crippen molar-refractivity contribution < 1.29 is 14.6 Å². The van der Waals surface area contributed by atoms with Crippen LogP contribution in [0.25, 0.3) is 0 Å². The molecule has 116 valence electrons. The maximum Gasteiger partial charge on any atom is 0.0869 e. The van der Waals surface area contributed by atoms with Crippen molar-refractivity contribution in [2.24, 2.45) is 0 Å². The average Bonchev–Trinajstić information content (AvgIpc) is 2.32. The SMILES string of the molecule is COCCN(CC(C)(O)CNC(C)C)C(C)COC. The fourth-order valence-electron chi connectivity index (χ4n) is 1.93. The summed E-state index contributed by atoms with van der Waals surface area (Å²) in [5, 5.41) is 13.7. The molecule has 0 fully saturated rings. The Morgan fingerprint density at radius 2 is 1.84 bits per heavy atom. The number of nitrogens with zero attached hydrogens (tertiary/aromatic N) is 1. The van der Waals surface area contributed by atoms with Crippen LogP contribution in [0.1, 0.15) is 27.7 Å². The summed E-state index contributed by atoms with van der Waals surface area (Å²) in [6, 6.07) is 0.626. The summed E-state index contributed by atoms with van der Waals surface area (Å²) in [7, 11) is 3.39. The van der Waals surface area contributed by atoms with Crippen molar-refractivity contribution in [3.8, 4) is 0 Å². The van der Waals surface area contributed by atoms with Gasteiger partial charge in [0.25, 0.3) is 0 Å². The highest BCUT2D eigenvalue weighted by Crippen LogP contribution is 2.09. The summed E-state index contributed by atoms with van der Waals surface area (Å²) < 4.78 is 10.3. The Morgan fingerprint density at radius 1 is 1.21 bits per heavy atom. The molecular formula is C14H32N2O3. The Labute approximate surface area is 118 Å². The summed E-state index contributed by atoms with van der Waals surface area (Å²) in [4.78, 5) is 2.20. The minimum absolute atomic E-state index is 0.255. The van der Waals surface area contributed by atoms with Gasteiger partial charge in [0.15, 0.2) is 0 Å². The third kappa shape index (κ3) is 9.35. The average molecular weight is 276 g/mol. The van der Waals surface area contributed by atoms with Gasteiger partial charge in [0.05, 0.1) is 18.8 Å². The molecule has 0 amide bonds. The smallest absolute Gasteiger partial charge is 0.0869 e. The maximum atomic E-state index is 10.5. The molecule has 0 aliphatic rings. The van der Waals surface area contributed by atoms with E-state index in [9.17, 15) is 5.11 Å². The zero-order valence-electron chi connectivity index (χ0n) is 13.4. The lowest BCUT2D eigenvalue weighted by Crippen LogP contribution is -2.52. The fraction of sp³-hybridized carbons (Fsp3) is 1.00. The molecule has 2 unspecified atom stereocenters. The van der Waals surface area contributed by atoms with E-state index in [2.05, 4.69) is 31.0 Å². The fourth-order valence-corrected chi connectivity index (χ4v) is 1.93. The Hall–Kier alpha value is -0.200. The van der Waals surface area contributed by atoms with Crippen molar-refractivity contribution in [3.05, 3.63) is 0 Å². The van der Waals surface area contributed by atoms with Gasteiger partial charge in [0.1, 0.15) is 0 Å². The van der Waals surface area contributed by atoms with Crippen molar-refractivity contribution in [1.82, 2.24) is 10.2 Å². The molecule has 0 saturated carbocycles. The third-order valence-electron chi connectivity index (χ3n) is 3.05. The molecule has 5 nitrogen and oxygen atoms in total. The Balaban J connectivity index is 4.41. The van der Waals surface area contributed by atoms with Crippen molar-refractivity contribution in [2.45, 2.75) is 45.4 Å². The van der Waals surface area contributed by atoms with Crippen LogP contribution in [-0.4, -0.2) is 74.8 Å². The first-order valence-corrected chi connectivity index (χ1v) is 7.00. The number of nitrogens with one attached hydrogen (secondary N) is 1. The first kappa shape index (κ1) is 18.8. The van der Waals surface area contributed by atoms with Crippen LogP contribution < -0.4 is 5.32 Å². The standard InChI is InChI=1S/C14H32N2O3/c1-12(2)15-10-14(4,17)11-16(7-8-18-5)13(3)9-19-6/h12-13,15,17H,7-11H2,1-6H3. The van der Waals surface area contributed by atoms with Crippen LogP contribution in [0.15, 0.2) is 0 Å². The summed E-state index contributed by atoms with van der Waals surface area (Å²) in [5.41, 5.74) is -0.764. The minimum atomic E-state index is -0.764. The lowest BCUT2D eigenvalue weighted by Gasteiger charge is -2.35. The predicted molar refractivity (Wildman–Crippen MR) is 78.5 cm³/mol. The minimum Gasteiger partial charge on any atom is -0.388 e. The third-order valence-corrected chi connectivity index (χ3v) is 3.05. The van der Waals surface area contributed by atoms with Crippen LogP contribution in [0.4, 0.5) is 0 Å². The Kier molecular flexibility index (Phi) is 9.56. The molecule has 0 aromatic carbocycles. The van der Waals surface area contributed by atoms with E-state index in [0.717, 1.165) is 6.54 Å². The second-order valence-corrected chi connectivity index (χ2v) is 5.80. The first-order valence-electron chi connectivity index (χ1n) is 7.00. The quantitative estimate of drug-likeness (QED) is 0.582. The number of aliphatic hydroxyl groups is 1. The summed E-state index contributed by atoms with van der Waals surface area (Å²) in [6.07, 6.45) is 0. The summed E-state index contributed by atoms with van der Waals surface area (Å²) in [6.45, 7) is 11.4. The molecule has 2 N–H and O–H groups in total. The normalized spacial score (nSPS) is 16.9. The highest BCUT2D eigenvalue weighted by molar-refractivity contribution is 4.83. The van der Waals surface area contributed by atoms with Crippen molar-refractivity contribution >= 4 is 0 Å². The molecular weight excluding hydrogens is 244 g/mol. The molecule has 0 aliphatic carbocycles. The van der Waals surface area contributed by atoms with Gasteiger partial charge in [0, 0.05) is 45.9 Å². The van der Waals surface area contributed by atoms with Crippen molar-refractivity contribution in [2.75, 3.05) is 47.1 Å². The molecule has 0 aromatic heterocycles. The van der Waals surface area contributed by atoms with E-state index in [4.69, 9.17) is 9.47 Å². The van der Waals surface area contributed by atoms with Gasteiger partial charge in [-0.25, -0.2) is 0 Å². The van der Waals surface area contributed by atoms with Gasteiger partial charge in [-0.3, -0.25) is 4.90 Å². The highest BCUT2D eigenvalue weighted by Gasteiger charge is 2.26. The summed E-state index contributed by atoms with van der Waals surface area (Å²) in [5.74, 6) is 0. The van der Waals surface area contributed by atoms with E-state index in [1.54, 1.807) is 14.2 Å². The maximum absolute atomic E-state index is 10.5. The Bertz CT molecular complexity index is 223. The lowest BCUT2D eigenvalue weighted by molar-refractivity contribution is -0.0124. The van der Waals surface area contributed by atoms with Crippen molar-refractivity contribution in [3.63, 3.8) is 0 Å². The molecule has 19 heavy (non-hydrogen) atoms. The monoisotopic (exact) mass is 276 g/mol. The first-order chi connectivity index (χ1) is 8.82. The van der Waals surface area contributed by atoms with Gasteiger partial charge in [0.2, 0.25) is 0 Å². The molecule has 0 saturated heterocycles. The second-order valence-electron chi connectivity index (χ2n) is 5.80. The van der Waals surface area contributed by atoms with E-state index in [0.29, 0.717) is 32.3 Å². The van der Waals surface area contributed by atoms with Gasteiger partial charge in [-0.15, -0.1) is 0 Å². The molecule has 0 rings (SSSR count). The number of rotatable bonds is 11. The number of hydrogen-bond donors (Lipinski definition) is 2. The van der Waals surface area contributed by atoms with Gasteiger partial charge in [-0.2, -0.15) is 0 Å². The molecule has 0 bridgehead atoms. The number of hydrogen-bond acceptors (Lipinski definition) is 5. The van der Waals surface area contributed by atoms with E-state index in [1.165, 1.54) is 0 Å². The van der Waals surface area contributed by atoms with Crippen LogP contribution in [0, 0.1) is 0 Å². The van der Waals surface area contributed by atoms with E-state index < -0.39 is 5.60 Å². The van der Waals surface area contributed by atoms with Gasteiger partial charge in [-0.1, -0.05) is 13.8 Å². The molecule has 5 heteroatoms. The molecule has 0 spiro atoms. The lowest BCUT2D eigenvalue weighted by atomic mass is 10.0. The predicted octanol–water partition coefficient (Wildman–Crippen LogP) is 0.719. The van der Waals surface area contributed by atoms with E-state index in [1.807, 2.05) is 6.92 Å². The molecule has 0 aromatic rings. The van der Waals surface area contributed by atoms with E-state index in [-0.39, 0.29) is 6.04 Å². The van der Waals surface area contributed by atoms with Gasteiger partial charge < -0.3 is 19.9 Å². The zero-order valence-corrected chi connectivity index (χ0v) is 13.4. The van der Waals surface area contributed by atoms with Crippen LogP contribution in [0.5, 0.6) is 0 Å². The Morgan fingerprint density at radius 3 is 2.32 bits per heavy atom. The highest BCUT2D eigenvalue weighted by atomic mass is 16.5. The van der Waals surface area contributed by atoms with Gasteiger partial charge in [-0.05, 0) is 13.8 Å². The van der Waals surface area contributed by atoms with Crippen molar-refractivity contribution in [1.29, 1.82) is 0 Å². The molecule has 0 heterocycles. The second kappa shape index (κ2) is 9.66. The molecule has 0 aliphatic heterocycles. The summed E-state index contributed by atoms with van der Waals surface area (Å²) >= 11 is 0. The number of ether oxygens (including phenoxy) is 2. The van der Waals surface area contributed by atoms with Crippen LogP contribution >= 0.6 is 0 Å². The zero-order chi connectivity index (χ0) is 14.9. The van der Waals surface area contributed by atoms with E-state index >= 15 is 0 Å². The van der Waals surface area contributed by atoms with Gasteiger partial charge >= 0.3 is 0 Å². The number of methoxy groups -OCH3 is 2. The largest absolute Gasteiger partial charge is 0.388 e. The van der Waals surface area contributed by atoms with Crippen LogP contribution in [-0.2, 0) is 9.47 Å². The van der Waals surface area contributed by atoms with Crippen LogP contribution in [0.3, 0.4) is 0 Å². The van der Waals surface area contributed by atoms with Crippen LogP contribution in [0.2, 0.25) is 0 Å². The molecule has 0 radical (unpaired) electrons.